The summed E-state index contributed by atoms with van der Waals surface area (Å²) in [5.74, 6) is 0.0527. The topological polar surface area (TPSA) is 96.1 Å². The number of benzene rings is 2. The van der Waals surface area contributed by atoms with Gasteiger partial charge in [-0.25, -0.2) is 0 Å². The second-order valence-corrected chi connectivity index (χ2v) is 5.17. The molecule has 114 valence electrons. The summed E-state index contributed by atoms with van der Waals surface area (Å²) in [7, 11) is 0. The summed E-state index contributed by atoms with van der Waals surface area (Å²) in [5, 5.41) is 13.2. The van der Waals surface area contributed by atoms with Gasteiger partial charge in [0.1, 0.15) is 5.75 Å². The van der Waals surface area contributed by atoms with Crippen molar-refractivity contribution in [1.29, 1.82) is 0 Å². The van der Waals surface area contributed by atoms with Crippen LogP contribution in [0.4, 0.5) is 11.4 Å². The van der Waals surface area contributed by atoms with Crippen LogP contribution in [0.3, 0.4) is 0 Å². The summed E-state index contributed by atoms with van der Waals surface area (Å²) >= 11 is 0. The number of rotatable bonds is 2. The highest BCUT2D eigenvalue weighted by Gasteiger charge is 2.18. The number of hydrogen-bond acceptors (Lipinski definition) is 4. The highest BCUT2D eigenvalue weighted by molar-refractivity contribution is 6.06. The van der Waals surface area contributed by atoms with E-state index in [4.69, 9.17) is 4.74 Å². The molecule has 2 heterocycles. The summed E-state index contributed by atoms with van der Waals surface area (Å²) in [6.45, 7) is -0.0107. The molecule has 0 fully saturated rings. The smallest absolute Gasteiger partial charge is 0.262 e. The zero-order valence-corrected chi connectivity index (χ0v) is 11.9. The fraction of sp³-hybridized carbons (Fsp3) is 0.0625. The maximum absolute atomic E-state index is 12.4. The number of fused-ring (bicyclic) bond motifs is 2. The third kappa shape index (κ3) is 2.48. The van der Waals surface area contributed by atoms with E-state index in [1.54, 1.807) is 30.5 Å². The largest absolute Gasteiger partial charge is 0.482 e. The average molecular weight is 308 g/mol. The van der Waals surface area contributed by atoms with E-state index in [9.17, 15) is 9.59 Å². The Morgan fingerprint density at radius 1 is 1.22 bits per heavy atom. The van der Waals surface area contributed by atoms with E-state index in [0.29, 0.717) is 22.7 Å². The second kappa shape index (κ2) is 5.13. The Morgan fingerprint density at radius 3 is 3.04 bits per heavy atom. The molecule has 7 heteroatoms. The monoisotopic (exact) mass is 308 g/mol. The zero-order valence-electron chi connectivity index (χ0n) is 11.9. The average Bonchev–Trinajstić information content (AvgIpc) is 3.01. The quantitative estimate of drug-likeness (QED) is 0.676. The molecule has 7 nitrogen and oxygen atoms in total. The predicted octanol–water partition coefficient (Wildman–Crippen LogP) is 2.15. The molecule has 3 aromatic rings. The van der Waals surface area contributed by atoms with Gasteiger partial charge in [0.05, 0.1) is 17.4 Å². The molecule has 1 aliphatic rings. The SMILES string of the molecule is O=C1COc2ccc(C(=O)Nc3ccc4[nH]ncc4c3)cc2N1. The zero-order chi connectivity index (χ0) is 15.8. The number of amides is 2. The fourth-order valence-corrected chi connectivity index (χ4v) is 2.45. The molecule has 0 spiro atoms. The Morgan fingerprint density at radius 2 is 2.13 bits per heavy atom. The first-order chi connectivity index (χ1) is 11.2. The number of carbonyl (C=O) groups excluding carboxylic acids is 2. The molecular formula is C16H12N4O3. The van der Waals surface area contributed by atoms with Crippen LogP contribution in [0, 0.1) is 0 Å². The van der Waals surface area contributed by atoms with Crippen LogP contribution in [0.1, 0.15) is 10.4 Å². The number of aromatic nitrogens is 2. The number of carbonyl (C=O) groups is 2. The summed E-state index contributed by atoms with van der Waals surface area (Å²) < 4.78 is 5.27. The first-order valence-corrected chi connectivity index (χ1v) is 7.00. The molecule has 4 rings (SSSR count). The third-order valence-corrected chi connectivity index (χ3v) is 3.57. The minimum Gasteiger partial charge on any atom is -0.482 e. The van der Waals surface area contributed by atoms with Gasteiger partial charge in [0.25, 0.3) is 11.8 Å². The second-order valence-electron chi connectivity index (χ2n) is 5.17. The number of aromatic amines is 1. The highest BCUT2D eigenvalue weighted by atomic mass is 16.5. The minimum atomic E-state index is -0.268. The third-order valence-electron chi connectivity index (χ3n) is 3.57. The maximum atomic E-state index is 12.4. The molecule has 0 radical (unpaired) electrons. The lowest BCUT2D eigenvalue weighted by Crippen LogP contribution is -2.25. The number of nitrogens with zero attached hydrogens (tertiary/aromatic N) is 1. The molecule has 0 unspecified atom stereocenters. The lowest BCUT2D eigenvalue weighted by Gasteiger charge is -2.18. The van der Waals surface area contributed by atoms with Gasteiger partial charge in [0.2, 0.25) is 0 Å². The molecule has 0 saturated carbocycles. The number of ether oxygens (including phenoxy) is 1. The Hall–Kier alpha value is -3.35. The van der Waals surface area contributed by atoms with Crippen LogP contribution in [0.15, 0.2) is 42.6 Å². The lowest BCUT2D eigenvalue weighted by molar-refractivity contribution is -0.118. The molecule has 3 N–H and O–H groups in total. The van der Waals surface area contributed by atoms with Crippen molar-refractivity contribution in [2.45, 2.75) is 0 Å². The highest BCUT2D eigenvalue weighted by Crippen LogP contribution is 2.28. The Balaban J connectivity index is 1.59. The normalized spacial score (nSPS) is 13.1. The number of hydrogen-bond donors (Lipinski definition) is 3. The molecule has 0 atom stereocenters. The molecule has 1 aromatic heterocycles. The van der Waals surface area contributed by atoms with Crippen molar-refractivity contribution in [2.75, 3.05) is 17.2 Å². The first kappa shape index (κ1) is 13.3. The van der Waals surface area contributed by atoms with Crippen molar-refractivity contribution >= 4 is 34.1 Å². The summed E-state index contributed by atoms with van der Waals surface area (Å²) in [5.41, 5.74) is 2.50. The van der Waals surface area contributed by atoms with Crippen LogP contribution in [-0.4, -0.2) is 28.6 Å². The van der Waals surface area contributed by atoms with Gasteiger partial charge in [-0.2, -0.15) is 5.10 Å². The van der Waals surface area contributed by atoms with E-state index in [1.165, 1.54) is 0 Å². The number of anilines is 2. The summed E-state index contributed by atoms with van der Waals surface area (Å²) in [6.07, 6.45) is 1.69. The number of H-pyrrole nitrogens is 1. The summed E-state index contributed by atoms with van der Waals surface area (Å²) in [4.78, 5) is 23.7. The Labute approximate surface area is 130 Å². The minimum absolute atomic E-state index is 0.0107. The fourth-order valence-electron chi connectivity index (χ4n) is 2.45. The van der Waals surface area contributed by atoms with Crippen LogP contribution in [0.2, 0.25) is 0 Å². The van der Waals surface area contributed by atoms with Crippen LogP contribution in [-0.2, 0) is 4.79 Å². The lowest BCUT2D eigenvalue weighted by atomic mass is 10.1. The van der Waals surface area contributed by atoms with E-state index in [-0.39, 0.29) is 18.4 Å². The van der Waals surface area contributed by atoms with Gasteiger partial charge in [-0.3, -0.25) is 14.7 Å². The van der Waals surface area contributed by atoms with E-state index in [1.807, 2.05) is 12.1 Å². The van der Waals surface area contributed by atoms with Crippen molar-refractivity contribution in [3.05, 3.63) is 48.2 Å². The van der Waals surface area contributed by atoms with Crippen LogP contribution >= 0.6 is 0 Å². The molecule has 0 aliphatic carbocycles. The molecule has 2 amide bonds. The predicted molar refractivity (Wildman–Crippen MR) is 84.6 cm³/mol. The van der Waals surface area contributed by atoms with E-state index in [0.717, 1.165) is 10.9 Å². The Kier molecular flexibility index (Phi) is 2.97. The summed E-state index contributed by atoms with van der Waals surface area (Å²) in [6, 6.07) is 10.4. The molecule has 23 heavy (non-hydrogen) atoms. The number of nitrogens with one attached hydrogen (secondary N) is 3. The Bertz CT molecular complexity index is 932. The van der Waals surface area contributed by atoms with Crippen molar-refractivity contribution < 1.29 is 14.3 Å². The van der Waals surface area contributed by atoms with Gasteiger partial charge in [-0.15, -0.1) is 0 Å². The molecular weight excluding hydrogens is 296 g/mol. The van der Waals surface area contributed by atoms with Gasteiger partial charge >= 0.3 is 0 Å². The van der Waals surface area contributed by atoms with Crippen molar-refractivity contribution in [2.24, 2.45) is 0 Å². The van der Waals surface area contributed by atoms with E-state index < -0.39 is 0 Å². The van der Waals surface area contributed by atoms with Crippen molar-refractivity contribution in [1.82, 2.24) is 10.2 Å². The van der Waals surface area contributed by atoms with Gasteiger partial charge in [-0.05, 0) is 36.4 Å². The van der Waals surface area contributed by atoms with Gasteiger partial charge in [0.15, 0.2) is 6.61 Å². The van der Waals surface area contributed by atoms with Crippen LogP contribution in [0.25, 0.3) is 10.9 Å². The van der Waals surface area contributed by atoms with Gasteiger partial charge in [-0.1, -0.05) is 0 Å². The van der Waals surface area contributed by atoms with Crippen molar-refractivity contribution in [3.63, 3.8) is 0 Å². The van der Waals surface area contributed by atoms with E-state index >= 15 is 0 Å². The first-order valence-electron chi connectivity index (χ1n) is 7.00. The molecule has 0 bridgehead atoms. The molecule has 1 aliphatic heterocycles. The van der Waals surface area contributed by atoms with Crippen LogP contribution in [0.5, 0.6) is 5.75 Å². The van der Waals surface area contributed by atoms with Gasteiger partial charge < -0.3 is 15.4 Å². The standard InChI is InChI=1S/C16H12N4O3/c21-15-8-23-14-4-1-9(6-13(14)19-15)16(22)18-11-2-3-12-10(5-11)7-17-20-12/h1-7H,8H2,(H,17,20)(H,18,22)(H,19,21). The van der Waals surface area contributed by atoms with Crippen LogP contribution < -0.4 is 15.4 Å². The molecule has 2 aromatic carbocycles. The molecule has 0 saturated heterocycles. The van der Waals surface area contributed by atoms with E-state index in [2.05, 4.69) is 20.8 Å². The van der Waals surface area contributed by atoms with Crippen molar-refractivity contribution in [3.8, 4) is 5.75 Å². The maximum Gasteiger partial charge on any atom is 0.262 e. The van der Waals surface area contributed by atoms with Gasteiger partial charge in [0, 0.05) is 16.6 Å².